The second-order valence-electron chi connectivity index (χ2n) is 5.81. The predicted octanol–water partition coefficient (Wildman–Crippen LogP) is 4.05. The molecule has 110 valence electrons. The van der Waals surface area contributed by atoms with Crippen molar-refractivity contribution in [3.63, 3.8) is 0 Å². The third kappa shape index (κ3) is 2.82. The highest BCUT2D eigenvalue weighted by Crippen LogP contribution is 2.39. The molecule has 5 nitrogen and oxygen atoms in total. The topological polar surface area (TPSA) is 68.1 Å². The van der Waals surface area contributed by atoms with Gasteiger partial charge in [-0.15, -0.1) is 0 Å². The van der Waals surface area contributed by atoms with Gasteiger partial charge in [0.2, 0.25) is 0 Å². The van der Waals surface area contributed by atoms with Crippen LogP contribution in [0.4, 0.5) is 11.4 Å². The fraction of sp³-hybridized carbons (Fsp3) is 0.438. The lowest BCUT2D eigenvalue weighted by Crippen LogP contribution is -2.06. The van der Waals surface area contributed by atoms with Crippen LogP contribution in [-0.4, -0.2) is 15.9 Å². The second-order valence-corrected chi connectivity index (χ2v) is 5.81. The van der Waals surface area contributed by atoms with Crippen LogP contribution in [0.2, 0.25) is 0 Å². The monoisotopic (exact) mass is 285 g/mol. The largest absolute Gasteiger partial charge is 0.381 e. The van der Waals surface area contributed by atoms with E-state index >= 15 is 0 Å². The highest BCUT2D eigenvalue weighted by molar-refractivity contribution is 5.93. The van der Waals surface area contributed by atoms with Crippen LogP contribution in [-0.2, 0) is 0 Å². The molecule has 1 aliphatic carbocycles. The molecule has 0 bridgehead atoms. The molecule has 0 radical (unpaired) electrons. The van der Waals surface area contributed by atoms with Gasteiger partial charge >= 0.3 is 0 Å². The Labute approximate surface area is 123 Å². The molecule has 1 saturated carbocycles. The first kappa shape index (κ1) is 13.8. The summed E-state index contributed by atoms with van der Waals surface area (Å²) in [6, 6.07) is 7.32. The van der Waals surface area contributed by atoms with Gasteiger partial charge in [0, 0.05) is 34.9 Å². The van der Waals surface area contributed by atoms with Crippen molar-refractivity contribution in [2.24, 2.45) is 5.92 Å². The molecular formula is C16H19N3O2. The Morgan fingerprint density at radius 3 is 2.95 bits per heavy atom. The number of aryl methyl sites for hydroxylation is 1. The van der Waals surface area contributed by atoms with Gasteiger partial charge in [-0.2, -0.15) is 0 Å². The van der Waals surface area contributed by atoms with Crippen molar-refractivity contribution in [2.45, 2.75) is 39.2 Å². The van der Waals surface area contributed by atoms with Crippen molar-refractivity contribution in [1.82, 2.24) is 4.98 Å². The Bertz CT molecular complexity index is 699. The van der Waals surface area contributed by atoms with E-state index in [1.165, 1.54) is 25.3 Å². The zero-order valence-corrected chi connectivity index (χ0v) is 12.3. The van der Waals surface area contributed by atoms with E-state index < -0.39 is 0 Å². The highest BCUT2D eigenvalue weighted by atomic mass is 16.6. The summed E-state index contributed by atoms with van der Waals surface area (Å²) in [5, 5.41) is 15.3. The summed E-state index contributed by atoms with van der Waals surface area (Å²) in [6.07, 6.45) is 3.62. The lowest BCUT2D eigenvalue weighted by atomic mass is 10.1. The summed E-state index contributed by atoms with van der Waals surface area (Å²) >= 11 is 0. The maximum absolute atomic E-state index is 11.0. The Balaban J connectivity index is 1.96. The number of anilines is 1. The average molecular weight is 285 g/mol. The maximum Gasteiger partial charge on any atom is 0.270 e. The van der Waals surface area contributed by atoms with E-state index in [0.717, 1.165) is 28.2 Å². The molecule has 0 amide bonds. The molecule has 2 aromatic rings. The number of nitrogens with zero attached hydrogens (tertiary/aromatic N) is 2. The number of non-ortho nitro benzene ring substituents is 1. The fourth-order valence-corrected chi connectivity index (χ4v) is 2.89. The lowest BCUT2D eigenvalue weighted by Gasteiger charge is -2.10. The van der Waals surface area contributed by atoms with Crippen molar-refractivity contribution < 1.29 is 4.92 Å². The summed E-state index contributed by atoms with van der Waals surface area (Å²) in [5.41, 5.74) is 2.80. The van der Waals surface area contributed by atoms with Gasteiger partial charge in [0.1, 0.15) is 0 Å². The van der Waals surface area contributed by atoms with Crippen LogP contribution < -0.4 is 5.32 Å². The molecule has 21 heavy (non-hydrogen) atoms. The van der Waals surface area contributed by atoms with Crippen LogP contribution in [0.1, 0.15) is 31.9 Å². The molecular weight excluding hydrogens is 266 g/mol. The Morgan fingerprint density at radius 2 is 2.24 bits per heavy atom. The molecule has 1 aromatic heterocycles. The second kappa shape index (κ2) is 5.31. The molecule has 2 atom stereocenters. The van der Waals surface area contributed by atoms with Crippen LogP contribution >= 0.6 is 0 Å². The predicted molar refractivity (Wildman–Crippen MR) is 83.6 cm³/mol. The van der Waals surface area contributed by atoms with Crippen molar-refractivity contribution >= 4 is 22.3 Å². The zero-order chi connectivity index (χ0) is 15.0. The number of rotatable bonds is 5. The zero-order valence-electron chi connectivity index (χ0n) is 12.3. The Kier molecular flexibility index (Phi) is 3.49. The van der Waals surface area contributed by atoms with Gasteiger partial charge in [0.05, 0.1) is 10.4 Å². The van der Waals surface area contributed by atoms with E-state index in [1.54, 1.807) is 12.1 Å². The lowest BCUT2D eigenvalue weighted by molar-refractivity contribution is -0.384. The van der Waals surface area contributed by atoms with E-state index in [9.17, 15) is 10.1 Å². The first-order chi connectivity index (χ1) is 10.1. The first-order valence-corrected chi connectivity index (χ1v) is 7.41. The molecule has 1 fully saturated rings. The first-order valence-electron chi connectivity index (χ1n) is 7.41. The van der Waals surface area contributed by atoms with Gasteiger partial charge in [-0.1, -0.05) is 13.3 Å². The highest BCUT2D eigenvalue weighted by Gasteiger charge is 2.36. The van der Waals surface area contributed by atoms with Crippen molar-refractivity contribution in [2.75, 3.05) is 5.32 Å². The molecule has 1 heterocycles. The van der Waals surface area contributed by atoms with E-state index in [-0.39, 0.29) is 10.6 Å². The van der Waals surface area contributed by atoms with Crippen LogP contribution in [0.3, 0.4) is 0 Å². The number of benzene rings is 1. The minimum Gasteiger partial charge on any atom is -0.381 e. The standard InChI is InChI=1S/C16H19N3O2/c1-3-4-11-8-15(11)18-16-7-10(2)17-14-6-5-12(19(20)21)9-13(14)16/h5-7,9,11,15H,3-4,8H2,1-2H3,(H,17,18). The maximum atomic E-state index is 11.0. The van der Waals surface area contributed by atoms with Gasteiger partial charge in [0.25, 0.3) is 5.69 Å². The quantitative estimate of drug-likeness (QED) is 0.664. The Morgan fingerprint density at radius 1 is 1.43 bits per heavy atom. The Hall–Kier alpha value is -2.17. The molecule has 0 spiro atoms. The summed E-state index contributed by atoms with van der Waals surface area (Å²) in [4.78, 5) is 15.1. The number of nitro groups is 1. The number of hydrogen-bond acceptors (Lipinski definition) is 4. The number of aromatic nitrogens is 1. The van der Waals surface area contributed by atoms with E-state index in [1.807, 2.05) is 13.0 Å². The molecule has 5 heteroatoms. The van der Waals surface area contributed by atoms with Gasteiger partial charge in [0.15, 0.2) is 0 Å². The van der Waals surface area contributed by atoms with E-state index in [0.29, 0.717) is 6.04 Å². The molecule has 1 N–H and O–H groups in total. The molecule has 1 aromatic carbocycles. The normalized spacial score (nSPS) is 20.5. The van der Waals surface area contributed by atoms with E-state index in [4.69, 9.17) is 0 Å². The van der Waals surface area contributed by atoms with Crippen molar-refractivity contribution in [3.05, 3.63) is 40.1 Å². The van der Waals surface area contributed by atoms with Gasteiger partial charge < -0.3 is 5.32 Å². The summed E-state index contributed by atoms with van der Waals surface area (Å²) < 4.78 is 0. The van der Waals surface area contributed by atoms with Crippen LogP contribution in [0.25, 0.3) is 10.9 Å². The number of nitrogens with one attached hydrogen (secondary N) is 1. The number of fused-ring (bicyclic) bond motifs is 1. The van der Waals surface area contributed by atoms with E-state index in [2.05, 4.69) is 17.2 Å². The number of pyridine rings is 1. The molecule has 0 aliphatic heterocycles. The smallest absolute Gasteiger partial charge is 0.270 e. The number of hydrogen-bond donors (Lipinski definition) is 1. The molecule has 2 unspecified atom stereocenters. The van der Waals surface area contributed by atoms with Gasteiger partial charge in [-0.3, -0.25) is 15.1 Å². The van der Waals surface area contributed by atoms with Crippen LogP contribution in [0.5, 0.6) is 0 Å². The molecule has 3 rings (SSSR count). The van der Waals surface area contributed by atoms with Gasteiger partial charge in [-0.25, -0.2) is 0 Å². The number of nitro benzene ring substituents is 1. The van der Waals surface area contributed by atoms with Crippen molar-refractivity contribution in [1.29, 1.82) is 0 Å². The molecule has 0 saturated heterocycles. The van der Waals surface area contributed by atoms with Crippen LogP contribution in [0, 0.1) is 23.0 Å². The summed E-state index contributed by atoms with van der Waals surface area (Å²) in [7, 11) is 0. The fourth-order valence-electron chi connectivity index (χ4n) is 2.89. The van der Waals surface area contributed by atoms with Gasteiger partial charge in [-0.05, 0) is 37.8 Å². The minimum atomic E-state index is -0.361. The van der Waals surface area contributed by atoms with Crippen molar-refractivity contribution in [3.8, 4) is 0 Å². The van der Waals surface area contributed by atoms with Crippen LogP contribution in [0.15, 0.2) is 24.3 Å². The molecule has 1 aliphatic rings. The summed E-state index contributed by atoms with van der Waals surface area (Å²) in [6.45, 7) is 4.15. The SMILES string of the molecule is CCCC1CC1Nc1cc(C)nc2ccc([N+](=O)[O-])cc12. The third-order valence-corrected chi connectivity index (χ3v) is 4.05. The minimum absolute atomic E-state index is 0.108. The summed E-state index contributed by atoms with van der Waals surface area (Å²) in [5.74, 6) is 0.734. The third-order valence-electron chi connectivity index (χ3n) is 4.05. The average Bonchev–Trinajstić information content (AvgIpc) is 3.16.